The lowest BCUT2D eigenvalue weighted by molar-refractivity contribution is -0.137. The van der Waals surface area contributed by atoms with Gasteiger partial charge < -0.3 is 4.57 Å². The molecular formula is C12H11ClF3N3S. The molecule has 2 aromatic rings. The lowest BCUT2D eigenvalue weighted by Gasteiger charge is -2.13. The molecule has 2 heterocycles. The summed E-state index contributed by atoms with van der Waals surface area (Å²) in [5.74, 6) is 1.11. The molecule has 0 radical (unpaired) electrons. The van der Waals surface area contributed by atoms with Crippen molar-refractivity contribution in [1.29, 1.82) is 0 Å². The van der Waals surface area contributed by atoms with E-state index in [1.165, 1.54) is 11.8 Å². The minimum absolute atomic E-state index is 0.363. The minimum atomic E-state index is -4.52. The average Bonchev–Trinajstić information content (AvgIpc) is 2.76. The second-order valence-corrected chi connectivity index (χ2v) is 5.63. The van der Waals surface area contributed by atoms with Crippen LogP contribution in [0.1, 0.15) is 12.5 Å². The molecule has 0 spiro atoms. The molecule has 0 fully saturated rings. The molecule has 0 unspecified atom stereocenters. The summed E-state index contributed by atoms with van der Waals surface area (Å²) >= 11 is 6.95. The zero-order valence-electron chi connectivity index (χ0n) is 10.7. The van der Waals surface area contributed by atoms with Crippen LogP contribution in [0.25, 0.3) is 11.5 Å². The van der Waals surface area contributed by atoms with Gasteiger partial charge in [-0.2, -0.15) is 13.2 Å². The van der Waals surface area contributed by atoms with Gasteiger partial charge in [-0.1, -0.05) is 18.5 Å². The molecule has 0 saturated heterocycles. The predicted molar refractivity (Wildman–Crippen MR) is 72.8 cm³/mol. The third-order valence-electron chi connectivity index (χ3n) is 2.58. The van der Waals surface area contributed by atoms with E-state index in [4.69, 9.17) is 11.6 Å². The van der Waals surface area contributed by atoms with Crippen LogP contribution in [0.2, 0.25) is 5.15 Å². The van der Waals surface area contributed by atoms with E-state index in [0.29, 0.717) is 22.2 Å². The number of hydrogen-bond acceptors (Lipinski definition) is 3. The maximum absolute atomic E-state index is 12.9. The Kier molecular flexibility index (Phi) is 4.29. The summed E-state index contributed by atoms with van der Waals surface area (Å²) in [6, 6.07) is 1.04. The zero-order valence-corrected chi connectivity index (χ0v) is 12.3. The summed E-state index contributed by atoms with van der Waals surface area (Å²) in [5, 5.41) is -0.559. The van der Waals surface area contributed by atoms with Gasteiger partial charge >= 0.3 is 6.18 Å². The van der Waals surface area contributed by atoms with Crippen LogP contribution in [0.3, 0.4) is 0 Å². The summed E-state index contributed by atoms with van der Waals surface area (Å²) in [7, 11) is 1.75. The average molecular weight is 322 g/mol. The molecule has 0 bridgehead atoms. The Bertz CT molecular complexity index is 625. The third-order valence-corrected chi connectivity index (χ3v) is 3.78. The van der Waals surface area contributed by atoms with Crippen LogP contribution >= 0.6 is 23.4 Å². The van der Waals surface area contributed by atoms with Crippen molar-refractivity contribution < 1.29 is 13.2 Å². The molecule has 0 aliphatic carbocycles. The Labute approximate surface area is 123 Å². The Hall–Kier alpha value is -1.21. The quantitative estimate of drug-likeness (QED) is 0.625. The molecule has 0 amide bonds. The first-order valence-electron chi connectivity index (χ1n) is 5.72. The van der Waals surface area contributed by atoms with Crippen LogP contribution in [0.4, 0.5) is 13.2 Å². The highest BCUT2D eigenvalue weighted by atomic mass is 35.5. The molecule has 0 N–H and O–H groups in total. The van der Waals surface area contributed by atoms with Crippen molar-refractivity contribution in [1.82, 2.24) is 14.5 Å². The second kappa shape index (κ2) is 5.65. The van der Waals surface area contributed by atoms with Gasteiger partial charge in [0.2, 0.25) is 0 Å². The van der Waals surface area contributed by atoms with Crippen LogP contribution in [0, 0.1) is 0 Å². The number of nitrogens with zero attached hydrogens (tertiary/aromatic N) is 3. The van der Waals surface area contributed by atoms with Crippen molar-refractivity contribution in [2.75, 3.05) is 5.75 Å². The molecule has 2 aromatic heterocycles. The summed E-state index contributed by atoms with van der Waals surface area (Å²) in [6.45, 7) is 1.86. The van der Waals surface area contributed by atoms with Crippen molar-refractivity contribution in [3.63, 3.8) is 0 Å². The van der Waals surface area contributed by atoms with Gasteiger partial charge in [0, 0.05) is 24.3 Å². The monoisotopic (exact) mass is 321 g/mol. The molecule has 0 aliphatic rings. The smallest absolute Gasteiger partial charge is 0.333 e. The van der Waals surface area contributed by atoms with Crippen molar-refractivity contribution in [3.8, 4) is 11.5 Å². The molecule has 0 aromatic carbocycles. The van der Waals surface area contributed by atoms with Gasteiger partial charge in [-0.3, -0.25) is 0 Å². The van der Waals surface area contributed by atoms with Gasteiger partial charge in [0.05, 0.1) is 5.56 Å². The van der Waals surface area contributed by atoms with E-state index in [2.05, 4.69) is 9.97 Å². The Morgan fingerprint density at radius 2 is 2.10 bits per heavy atom. The topological polar surface area (TPSA) is 30.7 Å². The van der Waals surface area contributed by atoms with E-state index in [1.54, 1.807) is 24.0 Å². The standard InChI is InChI=1S/C12H11ClF3N3S/c1-3-20-8-6-7(12(14,15)16)10(13)18-9(8)11-17-4-5-19(11)2/h4-6H,3H2,1-2H3. The molecule has 20 heavy (non-hydrogen) atoms. The highest BCUT2D eigenvalue weighted by Gasteiger charge is 2.35. The van der Waals surface area contributed by atoms with E-state index in [9.17, 15) is 13.2 Å². The highest BCUT2D eigenvalue weighted by molar-refractivity contribution is 7.99. The number of thioether (sulfide) groups is 1. The molecule has 0 aliphatic heterocycles. The van der Waals surface area contributed by atoms with Crippen LogP contribution in [0.15, 0.2) is 23.4 Å². The molecule has 108 valence electrons. The van der Waals surface area contributed by atoms with Crippen LogP contribution in [-0.2, 0) is 13.2 Å². The number of alkyl halides is 3. The van der Waals surface area contributed by atoms with Crippen LogP contribution < -0.4 is 0 Å². The number of rotatable bonds is 3. The maximum Gasteiger partial charge on any atom is 0.419 e. The van der Waals surface area contributed by atoms with Crippen molar-refractivity contribution in [3.05, 3.63) is 29.2 Å². The Morgan fingerprint density at radius 3 is 2.60 bits per heavy atom. The predicted octanol–water partition coefficient (Wildman–Crippen LogP) is 4.27. The normalized spacial score (nSPS) is 11.9. The highest BCUT2D eigenvalue weighted by Crippen LogP contribution is 2.39. The van der Waals surface area contributed by atoms with Gasteiger partial charge in [-0.25, -0.2) is 9.97 Å². The first-order chi connectivity index (χ1) is 9.34. The number of aromatic nitrogens is 3. The number of halogens is 4. The van der Waals surface area contributed by atoms with Crippen molar-refractivity contribution in [2.45, 2.75) is 18.0 Å². The van der Waals surface area contributed by atoms with Crippen molar-refractivity contribution in [2.24, 2.45) is 7.05 Å². The van der Waals surface area contributed by atoms with Gasteiger partial charge in [0.25, 0.3) is 0 Å². The number of pyridine rings is 1. The zero-order chi connectivity index (χ0) is 14.9. The van der Waals surface area contributed by atoms with Crippen LogP contribution in [-0.4, -0.2) is 20.3 Å². The van der Waals surface area contributed by atoms with Crippen LogP contribution in [0.5, 0.6) is 0 Å². The van der Waals surface area contributed by atoms with E-state index < -0.39 is 16.9 Å². The summed E-state index contributed by atoms with van der Waals surface area (Å²) in [4.78, 5) is 8.43. The van der Waals surface area contributed by atoms with E-state index in [0.717, 1.165) is 6.07 Å². The summed E-state index contributed by atoms with van der Waals surface area (Å²) in [6.07, 6.45) is -1.26. The first kappa shape index (κ1) is 15.2. The molecule has 2 rings (SSSR count). The number of aryl methyl sites for hydroxylation is 1. The van der Waals surface area contributed by atoms with E-state index in [1.807, 2.05) is 6.92 Å². The van der Waals surface area contributed by atoms with Gasteiger partial charge in [-0.15, -0.1) is 11.8 Å². The summed E-state index contributed by atoms with van der Waals surface area (Å²) < 4.78 is 40.3. The van der Waals surface area contributed by atoms with Gasteiger partial charge in [-0.05, 0) is 11.8 Å². The summed E-state index contributed by atoms with van der Waals surface area (Å²) in [5.41, 5.74) is -0.560. The fourth-order valence-corrected chi connectivity index (χ4v) is 2.72. The fraction of sp³-hybridized carbons (Fsp3) is 0.333. The third kappa shape index (κ3) is 2.93. The number of hydrogen-bond donors (Lipinski definition) is 0. The largest absolute Gasteiger partial charge is 0.419 e. The molecule has 8 heteroatoms. The number of imidazole rings is 1. The van der Waals surface area contributed by atoms with Crippen molar-refractivity contribution >= 4 is 23.4 Å². The lowest BCUT2D eigenvalue weighted by atomic mass is 10.2. The fourth-order valence-electron chi connectivity index (χ4n) is 1.69. The molecule has 3 nitrogen and oxygen atoms in total. The van der Waals surface area contributed by atoms with Gasteiger partial charge in [0.1, 0.15) is 10.8 Å². The molecule has 0 saturated carbocycles. The first-order valence-corrected chi connectivity index (χ1v) is 7.09. The SMILES string of the molecule is CCSc1cc(C(F)(F)F)c(Cl)nc1-c1nccn1C. The second-order valence-electron chi connectivity index (χ2n) is 3.97. The molecule has 0 atom stereocenters. The minimum Gasteiger partial charge on any atom is -0.333 e. The lowest BCUT2D eigenvalue weighted by Crippen LogP contribution is -2.09. The Balaban J connectivity index is 2.64. The van der Waals surface area contributed by atoms with Gasteiger partial charge in [0.15, 0.2) is 5.82 Å². The van der Waals surface area contributed by atoms with E-state index in [-0.39, 0.29) is 0 Å². The maximum atomic E-state index is 12.9. The Morgan fingerprint density at radius 1 is 1.40 bits per heavy atom. The molecular weight excluding hydrogens is 311 g/mol. The van der Waals surface area contributed by atoms with E-state index >= 15 is 0 Å².